The van der Waals surface area contributed by atoms with Gasteiger partial charge in [-0.15, -0.1) is 0 Å². The van der Waals surface area contributed by atoms with E-state index in [0.717, 1.165) is 5.82 Å². The average Bonchev–Trinajstić information content (AvgIpc) is 2.22. The van der Waals surface area contributed by atoms with E-state index in [2.05, 4.69) is 22.2 Å². The Bertz CT molecular complexity index is 329. The molecule has 0 aromatic carbocycles. The van der Waals surface area contributed by atoms with Crippen LogP contribution in [-0.2, 0) is 0 Å². The molecule has 3 nitrogen and oxygen atoms in total. The van der Waals surface area contributed by atoms with Gasteiger partial charge in [0.25, 0.3) is 0 Å². The maximum Gasteiger partial charge on any atom is 0.149 e. The highest BCUT2D eigenvalue weighted by atomic mass is 35.5. The molecule has 4 heteroatoms. The second-order valence-electron chi connectivity index (χ2n) is 4.24. The zero-order valence-corrected chi connectivity index (χ0v) is 9.67. The fourth-order valence-electron chi connectivity index (χ4n) is 2.13. The van der Waals surface area contributed by atoms with E-state index >= 15 is 0 Å². The van der Waals surface area contributed by atoms with Gasteiger partial charge in [0.05, 0.1) is 12.4 Å². The van der Waals surface area contributed by atoms with Gasteiger partial charge in [-0.25, -0.2) is 4.98 Å². The number of hydrogen-bond donors (Lipinski definition) is 1. The second-order valence-corrected chi connectivity index (χ2v) is 4.63. The van der Waals surface area contributed by atoms with Crippen LogP contribution in [0, 0.1) is 5.92 Å². The zero-order valence-electron chi connectivity index (χ0n) is 8.91. The minimum Gasteiger partial charge on any atom is -0.366 e. The molecule has 2 rings (SSSR count). The fourth-order valence-corrected chi connectivity index (χ4v) is 2.28. The van der Waals surface area contributed by atoms with Crippen molar-refractivity contribution in [1.82, 2.24) is 9.97 Å². The highest BCUT2D eigenvalue weighted by Gasteiger charge is 2.21. The molecule has 1 fully saturated rings. The molecule has 2 unspecified atom stereocenters. The molecule has 1 saturated carbocycles. The number of nitrogens with one attached hydrogen (secondary N) is 1. The molecule has 0 amide bonds. The van der Waals surface area contributed by atoms with Crippen LogP contribution < -0.4 is 5.32 Å². The molecule has 15 heavy (non-hydrogen) atoms. The maximum absolute atomic E-state index is 5.79. The summed E-state index contributed by atoms with van der Waals surface area (Å²) in [7, 11) is 0. The lowest BCUT2D eigenvalue weighted by Crippen LogP contribution is -2.30. The number of aromatic nitrogens is 2. The third-order valence-electron chi connectivity index (χ3n) is 3.05. The summed E-state index contributed by atoms with van der Waals surface area (Å²) in [5.41, 5.74) is 0. The molecule has 1 aromatic rings. The number of hydrogen-bond acceptors (Lipinski definition) is 3. The van der Waals surface area contributed by atoms with Gasteiger partial charge in [-0.1, -0.05) is 31.4 Å². The summed E-state index contributed by atoms with van der Waals surface area (Å²) < 4.78 is 0. The van der Waals surface area contributed by atoms with Crippen LogP contribution in [0.1, 0.15) is 32.6 Å². The molecule has 0 saturated heterocycles. The molecule has 1 N–H and O–H groups in total. The van der Waals surface area contributed by atoms with E-state index in [9.17, 15) is 0 Å². The summed E-state index contributed by atoms with van der Waals surface area (Å²) >= 11 is 5.79. The minimum absolute atomic E-state index is 0.448. The van der Waals surface area contributed by atoms with Crippen molar-refractivity contribution in [1.29, 1.82) is 0 Å². The van der Waals surface area contributed by atoms with Gasteiger partial charge in [0.15, 0.2) is 0 Å². The van der Waals surface area contributed by atoms with Crippen molar-refractivity contribution < 1.29 is 0 Å². The van der Waals surface area contributed by atoms with E-state index in [1.807, 2.05) is 0 Å². The first-order valence-electron chi connectivity index (χ1n) is 5.50. The van der Waals surface area contributed by atoms with Crippen molar-refractivity contribution in [3.05, 3.63) is 17.5 Å². The second kappa shape index (κ2) is 4.79. The van der Waals surface area contributed by atoms with Gasteiger partial charge in [-0.2, -0.15) is 0 Å². The van der Waals surface area contributed by atoms with Crippen LogP contribution in [0.4, 0.5) is 5.82 Å². The van der Waals surface area contributed by atoms with Crippen molar-refractivity contribution in [3.63, 3.8) is 0 Å². The summed E-state index contributed by atoms with van der Waals surface area (Å²) in [6.07, 6.45) is 8.45. The van der Waals surface area contributed by atoms with E-state index in [1.54, 1.807) is 12.4 Å². The minimum atomic E-state index is 0.448. The standard InChI is InChI=1S/C11H16ClN3/c1-8-4-2-3-5-9(8)14-11-7-13-6-10(12)15-11/h6-9H,2-5H2,1H3,(H,14,15). The van der Waals surface area contributed by atoms with Gasteiger partial charge in [-0.3, -0.25) is 4.98 Å². The van der Waals surface area contributed by atoms with Gasteiger partial charge >= 0.3 is 0 Å². The third kappa shape index (κ3) is 2.81. The van der Waals surface area contributed by atoms with Crippen LogP contribution in [-0.4, -0.2) is 16.0 Å². The predicted octanol–water partition coefficient (Wildman–Crippen LogP) is 3.12. The molecular formula is C11H16ClN3. The Morgan fingerprint density at radius 1 is 1.33 bits per heavy atom. The van der Waals surface area contributed by atoms with E-state index < -0.39 is 0 Å². The van der Waals surface area contributed by atoms with Gasteiger partial charge in [0, 0.05) is 6.04 Å². The Balaban J connectivity index is 2.01. The molecule has 82 valence electrons. The molecule has 0 radical (unpaired) electrons. The quantitative estimate of drug-likeness (QED) is 0.841. The van der Waals surface area contributed by atoms with E-state index in [1.165, 1.54) is 25.7 Å². The summed E-state index contributed by atoms with van der Waals surface area (Å²) in [6.45, 7) is 2.29. The first-order chi connectivity index (χ1) is 7.25. The molecule has 0 bridgehead atoms. The highest BCUT2D eigenvalue weighted by molar-refractivity contribution is 6.29. The number of nitrogens with zero attached hydrogens (tertiary/aromatic N) is 2. The molecule has 1 aliphatic carbocycles. The fraction of sp³-hybridized carbons (Fsp3) is 0.636. The topological polar surface area (TPSA) is 37.8 Å². The summed E-state index contributed by atoms with van der Waals surface area (Å²) in [4.78, 5) is 8.21. The number of anilines is 1. The van der Waals surface area contributed by atoms with E-state index in [-0.39, 0.29) is 0 Å². The Morgan fingerprint density at radius 3 is 2.87 bits per heavy atom. The monoisotopic (exact) mass is 225 g/mol. The lowest BCUT2D eigenvalue weighted by atomic mass is 9.86. The van der Waals surface area contributed by atoms with Crippen LogP contribution in [0.5, 0.6) is 0 Å². The first kappa shape index (κ1) is 10.7. The van der Waals surface area contributed by atoms with Crippen LogP contribution in [0.2, 0.25) is 5.15 Å². The smallest absolute Gasteiger partial charge is 0.149 e. The van der Waals surface area contributed by atoms with Crippen molar-refractivity contribution in [2.24, 2.45) is 5.92 Å². The lowest BCUT2D eigenvalue weighted by molar-refractivity contribution is 0.349. The lowest BCUT2D eigenvalue weighted by Gasteiger charge is -2.29. The van der Waals surface area contributed by atoms with Crippen LogP contribution >= 0.6 is 11.6 Å². The van der Waals surface area contributed by atoms with Crippen LogP contribution in [0.15, 0.2) is 12.4 Å². The third-order valence-corrected chi connectivity index (χ3v) is 3.23. The molecular weight excluding hydrogens is 210 g/mol. The Hall–Kier alpha value is -0.830. The van der Waals surface area contributed by atoms with Gasteiger partial charge < -0.3 is 5.32 Å². The van der Waals surface area contributed by atoms with Gasteiger partial charge in [0.2, 0.25) is 0 Å². The maximum atomic E-state index is 5.79. The van der Waals surface area contributed by atoms with Gasteiger partial charge in [0.1, 0.15) is 11.0 Å². The Morgan fingerprint density at radius 2 is 2.13 bits per heavy atom. The normalized spacial score (nSPS) is 26.3. The van der Waals surface area contributed by atoms with Crippen molar-refractivity contribution in [3.8, 4) is 0 Å². The SMILES string of the molecule is CC1CCCCC1Nc1cncc(Cl)n1. The molecule has 2 atom stereocenters. The molecule has 0 aliphatic heterocycles. The number of rotatable bonds is 2. The largest absolute Gasteiger partial charge is 0.366 e. The zero-order chi connectivity index (χ0) is 10.7. The molecule has 1 heterocycles. The average molecular weight is 226 g/mol. The summed E-state index contributed by atoms with van der Waals surface area (Å²) in [6, 6.07) is 0.520. The van der Waals surface area contributed by atoms with E-state index in [4.69, 9.17) is 11.6 Å². The van der Waals surface area contributed by atoms with Crippen LogP contribution in [0.3, 0.4) is 0 Å². The summed E-state index contributed by atoms with van der Waals surface area (Å²) in [5, 5.41) is 3.86. The molecule has 1 aromatic heterocycles. The summed E-state index contributed by atoms with van der Waals surface area (Å²) in [5.74, 6) is 1.50. The highest BCUT2D eigenvalue weighted by Crippen LogP contribution is 2.26. The molecule has 1 aliphatic rings. The first-order valence-corrected chi connectivity index (χ1v) is 5.87. The molecule has 0 spiro atoms. The van der Waals surface area contributed by atoms with Crippen molar-refractivity contribution in [2.45, 2.75) is 38.6 Å². The van der Waals surface area contributed by atoms with Gasteiger partial charge in [-0.05, 0) is 18.8 Å². The van der Waals surface area contributed by atoms with Crippen molar-refractivity contribution in [2.75, 3.05) is 5.32 Å². The predicted molar refractivity (Wildman–Crippen MR) is 62.1 cm³/mol. The Kier molecular flexibility index (Phi) is 3.41. The van der Waals surface area contributed by atoms with Crippen LogP contribution in [0.25, 0.3) is 0 Å². The number of halogens is 1. The van der Waals surface area contributed by atoms with Crippen molar-refractivity contribution >= 4 is 17.4 Å². The Labute approximate surface area is 95.3 Å². The van der Waals surface area contributed by atoms with E-state index in [0.29, 0.717) is 17.1 Å².